The lowest BCUT2D eigenvalue weighted by Gasteiger charge is -2.15. The molecule has 1 nitrogen and oxygen atoms in total. The van der Waals surface area contributed by atoms with Gasteiger partial charge in [0, 0.05) is 18.9 Å². The first kappa shape index (κ1) is 18.4. The molecular weight excluding hydrogens is 206 g/mol. The first-order valence-electron chi connectivity index (χ1n) is 6.99. The van der Waals surface area contributed by atoms with Crippen molar-refractivity contribution in [2.24, 2.45) is 0 Å². The van der Waals surface area contributed by atoms with Crippen molar-refractivity contribution in [2.45, 2.75) is 59.8 Å². The molecule has 1 heterocycles. The summed E-state index contributed by atoms with van der Waals surface area (Å²) in [6.45, 7) is 12.3. The average Bonchev–Trinajstić information content (AvgIpc) is 2.37. The smallest absolute Gasteiger partial charge is 0.0330 e. The summed E-state index contributed by atoms with van der Waals surface area (Å²) in [4.78, 5) is 1.97. The molecule has 1 aliphatic rings. The summed E-state index contributed by atoms with van der Waals surface area (Å²) in [5.41, 5.74) is 1.03. The fraction of sp³-hybridized carbons (Fsp3) is 0.625. The molecule has 0 bridgehead atoms. The van der Waals surface area contributed by atoms with Gasteiger partial charge < -0.3 is 4.90 Å². The molecule has 0 N–H and O–H groups in total. The Balaban J connectivity index is 0. The summed E-state index contributed by atoms with van der Waals surface area (Å²) >= 11 is 0. The average molecular weight is 237 g/mol. The van der Waals surface area contributed by atoms with Gasteiger partial charge in [0.05, 0.1) is 0 Å². The van der Waals surface area contributed by atoms with Crippen LogP contribution in [0.25, 0.3) is 0 Å². The van der Waals surface area contributed by atoms with Crippen LogP contribution in [-0.4, -0.2) is 11.9 Å². The highest BCUT2D eigenvalue weighted by atomic mass is 15.1. The third-order valence-electron chi connectivity index (χ3n) is 2.37. The molecule has 17 heavy (non-hydrogen) atoms. The molecule has 0 fully saturated rings. The lowest BCUT2D eigenvalue weighted by Crippen LogP contribution is -2.08. The first-order chi connectivity index (χ1) is 8.22. The molecule has 0 aliphatic carbocycles. The van der Waals surface area contributed by atoms with Crippen LogP contribution < -0.4 is 0 Å². The van der Waals surface area contributed by atoms with Crippen LogP contribution in [0.15, 0.2) is 36.7 Å². The van der Waals surface area contributed by atoms with Gasteiger partial charge in [-0.15, -0.1) is 0 Å². The van der Waals surface area contributed by atoms with Crippen molar-refractivity contribution in [3.8, 4) is 0 Å². The third-order valence-corrected chi connectivity index (χ3v) is 2.37. The number of hydrogen-bond acceptors (Lipinski definition) is 1. The van der Waals surface area contributed by atoms with Crippen LogP contribution >= 0.6 is 0 Å². The zero-order chi connectivity index (χ0) is 13.5. The molecule has 0 radical (unpaired) electrons. The normalized spacial score (nSPS) is 12.5. The van der Waals surface area contributed by atoms with E-state index in [1.807, 2.05) is 50.2 Å². The van der Waals surface area contributed by atoms with Gasteiger partial charge in [-0.1, -0.05) is 72.5 Å². The Morgan fingerprint density at radius 3 is 1.82 bits per heavy atom. The minimum absolute atomic E-state index is 1.03. The first-order valence-corrected chi connectivity index (χ1v) is 6.99. The monoisotopic (exact) mass is 237 g/mol. The maximum atomic E-state index is 3.78. The molecule has 0 saturated carbocycles. The molecule has 1 rings (SSSR count). The van der Waals surface area contributed by atoms with Crippen molar-refractivity contribution < 1.29 is 0 Å². The standard InChI is InChI=1S/C7H9N.C7H16.C2H6/c1-7-5-3-4-6-8(7)2;1-3-5-7-6-4-2;1-2/h3-6H,1H2,2H3;3-7H2,1-2H3;1-2H3. The summed E-state index contributed by atoms with van der Waals surface area (Å²) in [5, 5.41) is 0. The van der Waals surface area contributed by atoms with Gasteiger partial charge in [0.15, 0.2) is 0 Å². The molecule has 0 amide bonds. The fourth-order valence-electron chi connectivity index (χ4n) is 1.24. The zero-order valence-electron chi connectivity index (χ0n) is 12.5. The van der Waals surface area contributed by atoms with E-state index in [2.05, 4.69) is 20.4 Å². The summed E-state index contributed by atoms with van der Waals surface area (Å²) in [6, 6.07) is 0. The summed E-state index contributed by atoms with van der Waals surface area (Å²) < 4.78 is 0. The SMILES string of the molecule is C=C1C=CC=CN1C.CC.CCCCCCC. The molecule has 0 aromatic rings. The van der Waals surface area contributed by atoms with Gasteiger partial charge in [0.1, 0.15) is 0 Å². The van der Waals surface area contributed by atoms with E-state index in [9.17, 15) is 0 Å². The highest BCUT2D eigenvalue weighted by molar-refractivity contribution is 5.24. The van der Waals surface area contributed by atoms with Gasteiger partial charge in [0.2, 0.25) is 0 Å². The van der Waals surface area contributed by atoms with Crippen molar-refractivity contribution in [1.29, 1.82) is 0 Å². The van der Waals surface area contributed by atoms with Gasteiger partial charge in [-0.25, -0.2) is 0 Å². The Morgan fingerprint density at radius 1 is 1.00 bits per heavy atom. The topological polar surface area (TPSA) is 3.24 Å². The number of unbranched alkanes of at least 4 members (excludes halogenated alkanes) is 4. The molecule has 0 unspecified atom stereocenters. The molecule has 0 spiro atoms. The van der Waals surface area contributed by atoms with Crippen molar-refractivity contribution in [1.82, 2.24) is 4.90 Å². The summed E-state index contributed by atoms with van der Waals surface area (Å²) in [6.07, 6.45) is 14.9. The second-order valence-corrected chi connectivity index (χ2v) is 3.86. The minimum atomic E-state index is 1.03. The van der Waals surface area contributed by atoms with Gasteiger partial charge in [-0.05, 0) is 12.2 Å². The Bertz CT molecular complexity index is 210. The number of likely N-dealkylation sites (N-methyl/N-ethyl adjacent to an activating group) is 1. The zero-order valence-corrected chi connectivity index (χ0v) is 12.5. The molecule has 1 aliphatic heterocycles. The number of rotatable bonds is 4. The summed E-state index contributed by atoms with van der Waals surface area (Å²) in [7, 11) is 1.97. The van der Waals surface area contributed by atoms with Crippen LogP contribution in [-0.2, 0) is 0 Å². The van der Waals surface area contributed by atoms with Gasteiger partial charge in [-0.3, -0.25) is 0 Å². The minimum Gasteiger partial charge on any atom is -0.352 e. The van der Waals surface area contributed by atoms with E-state index in [4.69, 9.17) is 0 Å². The maximum absolute atomic E-state index is 3.78. The molecule has 100 valence electrons. The van der Waals surface area contributed by atoms with E-state index in [0.717, 1.165) is 5.70 Å². The van der Waals surface area contributed by atoms with Crippen LogP contribution in [0.3, 0.4) is 0 Å². The van der Waals surface area contributed by atoms with Crippen LogP contribution in [0.4, 0.5) is 0 Å². The predicted molar refractivity (Wildman–Crippen MR) is 81.0 cm³/mol. The Hall–Kier alpha value is -0.980. The molecule has 0 aromatic heterocycles. The number of allylic oxidation sites excluding steroid dienone is 3. The van der Waals surface area contributed by atoms with Crippen molar-refractivity contribution in [3.05, 3.63) is 36.7 Å². The van der Waals surface area contributed by atoms with Crippen LogP contribution in [0, 0.1) is 0 Å². The van der Waals surface area contributed by atoms with Crippen molar-refractivity contribution >= 4 is 0 Å². The second kappa shape index (κ2) is 15.0. The van der Waals surface area contributed by atoms with Crippen molar-refractivity contribution in [3.63, 3.8) is 0 Å². The Morgan fingerprint density at radius 2 is 1.53 bits per heavy atom. The van der Waals surface area contributed by atoms with E-state index in [-0.39, 0.29) is 0 Å². The predicted octanol–water partition coefficient (Wildman–Crippen LogP) is 5.52. The number of nitrogens with zero attached hydrogens (tertiary/aromatic N) is 1. The molecule has 0 aromatic carbocycles. The van der Waals surface area contributed by atoms with Crippen LogP contribution in [0.1, 0.15) is 59.8 Å². The van der Waals surface area contributed by atoms with Crippen LogP contribution in [0.5, 0.6) is 0 Å². The highest BCUT2D eigenvalue weighted by Crippen LogP contribution is 2.05. The van der Waals surface area contributed by atoms with Gasteiger partial charge in [-0.2, -0.15) is 0 Å². The molecule has 0 atom stereocenters. The van der Waals surface area contributed by atoms with Gasteiger partial charge >= 0.3 is 0 Å². The lowest BCUT2D eigenvalue weighted by molar-refractivity contribution is 0.587. The number of hydrogen-bond donors (Lipinski definition) is 0. The van der Waals surface area contributed by atoms with Crippen molar-refractivity contribution in [2.75, 3.05) is 7.05 Å². The van der Waals surface area contributed by atoms with E-state index in [0.29, 0.717) is 0 Å². The Labute approximate surface area is 109 Å². The molecule has 0 saturated heterocycles. The highest BCUT2D eigenvalue weighted by Gasteiger charge is 1.93. The van der Waals surface area contributed by atoms with E-state index in [1.54, 1.807) is 0 Å². The quantitative estimate of drug-likeness (QED) is 0.582. The molecule has 1 heteroatoms. The molecular formula is C16H31N. The van der Waals surface area contributed by atoms with Gasteiger partial charge in [0.25, 0.3) is 0 Å². The third kappa shape index (κ3) is 13.0. The largest absolute Gasteiger partial charge is 0.352 e. The van der Waals surface area contributed by atoms with E-state index < -0.39 is 0 Å². The second-order valence-electron chi connectivity index (χ2n) is 3.86. The lowest BCUT2D eigenvalue weighted by atomic mass is 10.2. The van der Waals surface area contributed by atoms with Crippen LogP contribution in [0.2, 0.25) is 0 Å². The Kier molecular flexibility index (Phi) is 16.2. The van der Waals surface area contributed by atoms with E-state index >= 15 is 0 Å². The maximum Gasteiger partial charge on any atom is 0.0330 e. The fourth-order valence-corrected chi connectivity index (χ4v) is 1.24. The summed E-state index contributed by atoms with van der Waals surface area (Å²) in [5.74, 6) is 0. The van der Waals surface area contributed by atoms with E-state index in [1.165, 1.54) is 32.1 Å².